The van der Waals surface area contributed by atoms with Crippen LogP contribution >= 0.6 is 7.60 Å². The van der Waals surface area contributed by atoms with Crippen LogP contribution in [0.5, 0.6) is 0 Å². The maximum absolute atomic E-state index is 14.0. The van der Waals surface area contributed by atoms with Crippen LogP contribution in [0.15, 0.2) is 60.7 Å². The van der Waals surface area contributed by atoms with Crippen molar-refractivity contribution < 1.29 is 47.7 Å². The van der Waals surface area contributed by atoms with Crippen LogP contribution in [0.2, 0.25) is 0 Å². The van der Waals surface area contributed by atoms with E-state index in [1.165, 1.54) is 19.8 Å². The van der Waals surface area contributed by atoms with Crippen molar-refractivity contribution in [2.24, 2.45) is 52.3 Å². The Morgan fingerprint density at radius 2 is 1.39 bits per heavy atom. The normalized spacial score (nSPS) is 31.9. The van der Waals surface area contributed by atoms with Gasteiger partial charge in [0.25, 0.3) is 0 Å². The van der Waals surface area contributed by atoms with Crippen molar-refractivity contribution in [2.75, 3.05) is 13.0 Å². The predicted molar refractivity (Wildman–Crippen MR) is 216 cm³/mol. The molecule has 6 rings (SSSR count). The number of aliphatic hydroxyl groups excluding tert-OH is 2. The molecule has 0 spiro atoms. The van der Waals surface area contributed by atoms with Crippen LogP contribution in [-0.4, -0.2) is 53.1 Å². The van der Waals surface area contributed by atoms with Crippen LogP contribution in [0.1, 0.15) is 116 Å². The predicted octanol–water partition coefficient (Wildman–Crippen LogP) is 9.05. The van der Waals surface area contributed by atoms with Gasteiger partial charge in [-0.2, -0.15) is 0 Å². The van der Waals surface area contributed by atoms with E-state index in [4.69, 9.17) is 18.5 Å². The summed E-state index contributed by atoms with van der Waals surface area (Å²) in [6.07, 6.45) is 8.13. The number of aliphatic hydroxyl groups is 2. The first-order chi connectivity index (χ1) is 27.2. The van der Waals surface area contributed by atoms with Crippen molar-refractivity contribution in [2.45, 2.75) is 130 Å². The summed E-state index contributed by atoms with van der Waals surface area (Å²) < 4.78 is 36.2. The van der Waals surface area contributed by atoms with Crippen molar-refractivity contribution in [3.63, 3.8) is 0 Å². The van der Waals surface area contributed by atoms with E-state index in [2.05, 4.69) is 20.8 Å². The number of fused-ring (bicyclic) bond motifs is 5. The summed E-state index contributed by atoms with van der Waals surface area (Å²) in [5, 5.41) is 22.3. The molecule has 0 aliphatic heterocycles. The summed E-state index contributed by atoms with van der Waals surface area (Å²) >= 11 is 0. The molecule has 11 atom stereocenters. The van der Waals surface area contributed by atoms with Crippen LogP contribution in [0.4, 0.5) is 0 Å². The van der Waals surface area contributed by atoms with Crippen molar-refractivity contribution in [3.05, 3.63) is 71.8 Å². The van der Waals surface area contributed by atoms with Gasteiger partial charge in [0.2, 0.25) is 6.79 Å². The minimum atomic E-state index is -3.78. The van der Waals surface area contributed by atoms with Gasteiger partial charge in [0.1, 0.15) is 5.78 Å². The molecule has 0 heterocycles. The molecule has 0 aromatic heterocycles. The van der Waals surface area contributed by atoms with Crippen LogP contribution < -0.4 is 0 Å². The summed E-state index contributed by atoms with van der Waals surface area (Å²) in [6.45, 7) is 7.88. The maximum Gasteiger partial charge on any atom is 0.332 e. The number of rotatable bonds is 18. The number of hydrogen-bond acceptors (Lipinski definition) is 10. The van der Waals surface area contributed by atoms with E-state index in [1.54, 1.807) is 0 Å². The zero-order valence-corrected chi connectivity index (χ0v) is 35.3. The summed E-state index contributed by atoms with van der Waals surface area (Å²) in [4.78, 5) is 38.2. The third-order valence-corrected chi connectivity index (χ3v) is 16.9. The highest BCUT2D eigenvalue weighted by Gasteiger charge is 2.63. The van der Waals surface area contributed by atoms with E-state index in [0.717, 1.165) is 49.7 Å². The molecular formula is C46H65O10P. The molecule has 57 heavy (non-hydrogen) atoms. The molecule has 5 unspecified atom stereocenters. The summed E-state index contributed by atoms with van der Waals surface area (Å²) in [5.41, 5.74) is 1.62. The number of esters is 2. The molecule has 4 aliphatic carbocycles. The SMILES string of the molecule is CC(=O)C(CCC(=O)OCOC(=O)CC[C@@H](C)C1CCC2C3CC[C@@H]4C[C@H](O)CC[C@]4(C)C3C[C@H](O)[C@@]21C)CP(=O)(OCc1ccccc1)OCc1ccccc1. The molecule has 2 N–H and O–H groups in total. The quantitative estimate of drug-likeness (QED) is 0.0850. The highest BCUT2D eigenvalue weighted by molar-refractivity contribution is 7.53. The molecule has 4 aliphatic rings. The van der Waals surface area contributed by atoms with Crippen LogP contribution in [-0.2, 0) is 50.7 Å². The second-order valence-electron chi connectivity index (χ2n) is 18.2. The molecule has 0 amide bonds. The Morgan fingerprint density at radius 3 is 1.98 bits per heavy atom. The smallest absolute Gasteiger partial charge is 0.332 e. The van der Waals surface area contributed by atoms with Crippen LogP contribution in [0, 0.1) is 52.3 Å². The average molecular weight is 809 g/mol. The fourth-order valence-electron chi connectivity index (χ4n) is 11.6. The van der Waals surface area contributed by atoms with Crippen LogP contribution in [0.25, 0.3) is 0 Å². The first-order valence-corrected chi connectivity index (χ1v) is 23.1. The number of hydrogen-bond donors (Lipinski definition) is 2. The largest absolute Gasteiger partial charge is 0.428 e. The molecule has 314 valence electrons. The second-order valence-corrected chi connectivity index (χ2v) is 20.3. The summed E-state index contributed by atoms with van der Waals surface area (Å²) in [5.74, 6) is 0.526. The zero-order chi connectivity index (χ0) is 40.8. The zero-order valence-electron chi connectivity index (χ0n) is 34.4. The van der Waals surface area contributed by atoms with Gasteiger partial charge in [-0.3, -0.25) is 18.9 Å². The highest BCUT2D eigenvalue weighted by Crippen LogP contribution is 2.68. The minimum absolute atomic E-state index is 0.0416. The minimum Gasteiger partial charge on any atom is -0.428 e. The third-order valence-electron chi connectivity index (χ3n) is 15.0. The Bertz CT molecular complexity index is 1660. The number of Topliss-reactive ketones (excluding diaryl/α,β-unsaturated/α-hetero) is 1. The van der Waals surface area contributed by atoms with E-state index in [9.17, 15) is 29.2 Å². The van der Waals surface area contributed by atoms with Gasteiger partial charge in [-0.05, 0) is 129 Å². The van der Waals surface area contributed by atoms with Crippen molar-refractivity contribution in [3.8, 4) is 0 Å². The van der Waals surface area contributed by atoms with Crippen molar-refractivity contribution in [1.82, 2.24) is 0 Å². The van der Waals surface area contributed by atoms with Gasteiger partial charge >= 0.3 is 19.5 Å². The molecule has 4 fully saturated rings. The standard InChI is InChI=1S/C46H65O10P/c1-31(39-19-20-40-38-18-17-36-25-37(48)23-24-45(36,3)41(38)26-42(49)46(39,40)4)15-21-43(50)53-30-54-44(51)22-16-35(32(2)47)29-57(52,55-27-33-11-7-5-8-12-33)56-28-34-13-9-6-10-14-34/h5-14,31,35-42,48-49H,15-30H2,1-4H3/t31-,35?,36-,37-,38?,39?,40?,41?,42+,45+,46-/m1/s1. The molecular weight excluding hydrogens is 743 g/mol. The number of benzene rings is 2. The van der Waals surface area contributed by atoms with E-state index < -0.39 is 32.2 Å². The number of ether oxygens (including phenoxy) is 2. The highest BCUT2D eigenvalue weighted by atomic mass is 31.2. The number of carbonyl (C=O) groups is 3. The van der Waals surface area contributed by atoms with E-state index >= 15 is 0 Å². The Balaban J connectivity index is 0.943. The Kier molecular flexibility index (Phi) is 14.6. The number of ketones is 1. The third kappa shape index (κ3) is 10.3. The molecule has 0 bridgehead atoms. The first-order valence-electron chi connectivity index (χ1n) is 21.4. The molecule has 2 aromatic carbocycles. The van der Waals surface area contributed by atoms with E-state index in [1.807, 2.05) is 60.7 Å². The molecule has 4 saturated carbocycles. The van der Waals surface area contributed by atoms with E-state index in [0.29, 0.717) is 36.0 Å². The average Bonchev–Trinajstić information content (AvgIpc) is 3.57. The van der Waals surface area contributed by atoms with Gasteiger partial charge in [-0.15, -0.1) is 0 Å². The van der Waals surface area contributed by atoms with E-state index in [-0.39, 0.29) is 73.4 Å². The van der Waals surface area contributed by atoms with Crippen LogP contribution in [0.3, 0.4) is 0 Å². The Hall–Kier alpha value is -2.88. The lowest BCUT2D eigenvalue weighted by Gasteiger charge is -2.62. The molecule has 2 aromatic rings. The summed E-state index contributed by atoms with van der Waals surface area (Å²) in [6, 6.07) is 18.6. The van der Waals surface area contributed by atoms with Gasteiger partial charge in [-0.1, -0.05) is 81.4 Å². The lowest BCUT2D eigenvalue weighted by molar-refractivity contribution is -0.175. The van der Waals surface area contributed by atoms with Gasteiger partial charge in [0, 0.05) is 18.8 Å². The van der Waals surface area contributed by atoms with Crippen molar-refractivity contribution in [1.29, 1.82) is 0 Å². The topological polar surface area (TPSA) is 146 Å². The molecule has 0 saturated heterocycles. The lowest BCUT2D eigenvalue weighted by atomic mass is 9.43. The van der Waals surface area contributed by atoms with Crippen molar-refractivity contribution >= 4 is 25.3 Å². The molecule has 10 nitrogen and oxygen atoms in total. The Labute approximate surface area is 339 Å². The fourth-order valence-corrected chi connectivity index (χ4v) is 13.6. The first kappa shape index (κ1) is 43.7. The Morgan fingerprint density at radius 1 is 0.789 bits per heavy atom. The molecule has 0 radical (unpaired) electrons. The monoisotopic (exact) mass is 808 g/mol. The van der Waals surface area contributed by atoms with Gasteiger partial charge in [0.05, 0.1) is 31.6 Å². The molecule has 11 heteroatoms. The van der Waals surface area contributed by atoms with Gasteiger partial charge in [0.15, 0.2) is 0 Å². The lowest BCUT2D eigenvalue weighted by Crippen LogP contribution is -2.58. The fraction of sp³-hybridized carbons (Fsp3) is 0.674. The van der Waals surface area contributed by atoms with Gasteiger partial charge < -0.3 is 28.7 Å². The second kappa shape index (κ2) is 19.0. The number of carbonyl (C=O) groups excluding carboxylic acids is 3. The van der Waals surface area contributed by atoms with Gasteiger partial charge in [-0.25, -0.2) is 0 Å². The summed E-state index contributed by atoms with van der Waals surface area (Å²) in [7, 11) is -3.78. The maximum atomic E-state index is 14.0.